The second-order valence-corrected chi connectivity index (χ2v) is 6.00. The van der Waals surface area contributed by atoms with Gasteiger partial charge in [0.2, 0.25) is 0 Å². The van der Waals surface area contributed by atoms with Gasteiger partial charge < -0.3 is 11.1 Å². The normalized spacial score (nSPS) is 21.7. The maximum Gasteiger partial charge on any atom is 0.270 e. The van der Waals surface area contributed by atoms with E-state index in [1.807, 2.05) is 13.0 Å². The summed E-state index contributed by atoms with van der Waals surface area (Å²) in [5.41, 5.74) is 7.09. The zero-order valence-electron chi connectivity index (χ0n) is 12.6. The van der Waals surface area contributed by atoms with E-state index >= 15 is 0 Å². The summed E-state index contributed by atoms with van der Waals surface area (Å²) in [7, 11) is 0. The number of nitrogens with zero attached hydrogens (tertiary/aromatic N) is 2. The summed E-state index contributed by atoms with van der Waals surface area (Å²) >= 11 is 0. The Kier molecular flexibility index (Phi) is 3.94. The first kappa shape index (κ1) is 14.7. The third kappa shape index (κ3) is 2.87. The molecule has 1 fully saturated rings. The molecule has 3 N–H and O–H groups in total. The van der Waals surface area contributed by atoms with E-state index in [0.717, 1.165) is 31.2 Å². The van der Waals surface area contributed by atoms with Gasteiger partial charge in [0.05, 0.1) is 0 Å². The number of amides is 1. The molecule has 0 aromatic carbocycles. The monoisotopic (exact) mass is 300 g/mol. The van der Waals surface area contributed by atoms with E-state index in [2.05, 4.69) is 10.3 Å². The lowest BCUT2D eigenvalue weighted by Crippen LogP contribution is -2.42. The second-order valence-electron chi connectivity index (χ2n) is 6.00. The van der Waals surface area contributed by atoms with Crippen LogP contribution < -0.4 is 16.6 Å². The van der Waals surface area contributed by atoms with Crippen molar-refractivity contribution >= 4 is 11.6 Å². The van der Waals surface area contributed by atoms with E-state index in [0.29, 0.717) is 5.65 Å². The lowest BCUT2D eigenvalue weighted by molar-refractivity contribution is 0.0924. The van der Waals surface area contributed by atoms with Crippen molar-refractivity contribution in [1.29, 1.82) is 0 Å². The first-order chi connectivity index (χ1) is 10.5. The quantitative estimate of drug-likeness (QED) is 0.866. The van der Waals surface area contributed by atoms with Crippen molar-refractivity contribution < 1.29 is 4.79 Å². The Morgan fingerprint density at radius 3 is 2.77 bits per heavy atom. The number of aryl methyl sites for hydroxylation is 1. The molecule has 6 nitrogen and oxygen atoms in total. The summed E-state index contributed by atoms with van der Waals surface area (Å²) in [4.78, 5) is 29.0. The van der Waals surface area contributed by atoms with Gasteiger partial charge >= 0.3 is 0 Å². The maximum atomic E-state index is 12.5. The molecule has 2 heterocycles. The molecule has 2 aromatic heterocycles. The van der Waals surface area contributed by atoms with Gasteiger partial charge in [0.15, 0.2) is 0 Å². The Bertz CT molecular complexity index is 760. The van der Waals surface area contributed by atoms with Crippen LogP contribution in [0.25, 0.3) is 5.65 Å². The van der Waals surface area contributed by atoms with Crippen LogP contribution in [0.4, 0.5) is 0 Å². The average Bonchev–Trinajstić information content (AvgIpc) is 2.50. The van der Waals surface area contributed by atoms with Crippen LogP contribution in [-0.4, -0.2) is 27.4 Å². The number of rotatable bonds is 2. The average molecular weight is 300 g/mol. The minimum absolute atomic E-state index is 0.0815. The van der Waals surface area contributed by atoms with Crippen LogP contribution >= 0.6 is 0 Å². The Morgan fingerprint density at radius 2 is 2.05 bits per heavy atom. The minimum Gasteiger partial charge on any atom is -0.349 e. The number of fused-ring (bicyclic) bond motifs is 1. The molecule has 6 heteroatoms. The van der Waals surface area contributed by atoms with Gasteiger partial charge in [-0.3, -0.25) is 14.0 Å². The highest BCUT2D eigenvalue weighted by Crippen LogP contribution is 2.17. The molecule has 22 heavy (non-hydrogen) atoms. The Morgan fingerprint density at radius 1 is 1.32 bits per heavy atom. The fraction of sp³-hybridized carbons (Fsp3) is 0.438. The largest absolute Gasteiger partial charge is 0.349 e. The van der Waals surface area contributed by atoms with Crippen LogP contribution in [0.1, 0.15) is 41.6 Å². The molecule has 0 saturated heterocycles. The lowest BCUT2D eigenvalue weighted by Gasteiger charge is -2.26. The summed E-state index contributed by atoms with van der Waals surface area (Å²) in [6, 6.07) is 3.96. The summed E-state index contributed by atoms with van der Waals surface area (Å²) in [6.07, 6.45) is 6.57. The SMILES string of the molecule is Cc1ccc2ncc(C(=O)NC3CCC(N)CC3)c(=O)n2c1. The molecule has 0 bridgehead atoms. The van der Waals surface area contributed by atoms with Crippen LogP contribution in [0.2, 0.25) is 0 Å². The molecule has 1 aliphatic carbocycles. The molecule has 0 aliphatic heterocycles. The Labute approximate surface area is 128 Å². The molecular weight excluding hydrogens is 280 g/mol. The third-order valence-electron chi connectivity index (χ3n) is 4.20. The maximum absolute atomic E-state index is 12.5. The van der Waals surface area contributed by atoms with Crippen molar-refractivity contribution in [3.63, 3.8) is 0 Å². The topological polar surface area (TPSA) is 89.5 Å². The van der Waals surface area contributed by atoms with Crippen molar-refractivity contribution in [3.8, 4) is 0 Å². The third-order valence-corrected chi connectivity index (χ3v) is 4.20. The standard InChI is InChI=1S/C16H20N4O2/c1-10-2-7-14-18-8-13(16(22)20(14)9-10)15(21)19-12-5-3-11(17)4-6-12/h2,7-9,11-12H,3-6,17H2,1H3,(H,19,21). The molecular formula is C16H20N4O2. The van der Waals surface area contributed by atoms with E-state index in [-0.39, 0.29) is 29.1 Å². The van der Waals surface area contributed by atoms with Gasteiger partial charge in [-0.1, -0.05) is 6.07 Å². The predicted octanol–water partition coefficient (Wildman–Crippen LogP) is 1.00. The molecule has 1 amide bonds. The van der Waals surface area contributed by atoms with Gasteiger partial charge in [-0.05, 0) is 44.2 Å². The first-order valence-electron chi connectivity index (χ1n) is 7.59. The van der Waals surface area contributed by atoms with Gasteiger partial charge in [-0.2, -0.15) is 0 Å². The van der Waals surface area contributed by atoms with Gasteiger partial charge in [0.1, 0.15) is 11.2 Å². The lowest BCUT2D eigenvalue weighted by atomic mass is 9.92. The summed E-state index contributed by atoms with van der Waals surface area (Å²) in [5, 5.41) is 2.93. The number of nitrogens with two attached hydrogens (primary N) is 1. The fourth-order valence-electron chi connectivity index (χ4n) is 2.87. The first-order valence-corrected chi connectivity index (χ1v) is 7.59. The minimum atomic E-state index is -0.353. The van der Waals surface area contributed by atoms with Gasteiger partial charge in [-0.25, -0.2) is 4.98 Å². The number of carbonyl (C=O) groups is 1. The van der Waals surface area contributed by atoms with Crippen LogP contribution in [0.3, 0.4) is 0 Å². The van der Waals surface area contributed by atoms with E-state index in [9.17, 15) is 9.59 Å². The predicted molar refractivity (Wildman–Crippen MR) is 83.9 cm³/mol. The van der Waals surface area contributed by atoms with Crippen molar-refractivity contribution in [2.75, 3.05) is 0 Å². The van der Waals surface area contributed by atoms with Crippen molar-refractivity contribution in [1.82, 2.24) is 14.7 Å². The smallest absolute Gasteiger partial charge is 0.270 e. The Balaban J connectivity index is 1.85. The van der Waals surface area contributed by atoms with E-state index < -0.39 is 0 Å². The van der Waals surface area contributed by atoms with E-state index in [4.69, 9.17) is 5.73 Å². The number of hydrogen-bond acceptors (Lipinski definition) is 4. The number of pyridine rings is 1. The second kappa shape index (κ2) is 5.88. The van der Waals surface area contributed by atoms with Crippen LogP contribution in [0.5, 0.6) is 0 Å². The highest BCUT2D eigenvalue weighted by molar-refractivity contribution is 5.93. The van der Waals surface area contributed by atoms with Gasteiger partial charge in [0, 0.05) is 24.5 Å². The molecule has 2 aromatic rings. The van der Waals surface area contributed by atoms with Crippen LogP contribution in [-0.2, 0) is 0 Å². The molecule has 1 saturated carbocycles. The molecule has 0 spiro atoms. The Hall–Kier alpha value is -2.21. The van der Waals surface area contributed by atoms with Crippen molar-refractivity contribution in [2.45, 2.75) is 44.7 Å². The molecule has 3 rings (SSSR count). The summed E-state index contributed by atoms with van der Waals surface area (Å²) < 4.78 is 1.42. The zero-order chi connectivity index (χ0) is 15.7. The molecule has 0 radical (unpaired) electrons. The molecule has 0 atom stereocenters. The number of carbonyl (C=O) groups excluding carboxylic acids is 1. The number of aromatic nitrogens is 2. The van der Waals surface area contributed by atoms with E-state index in [1.54, 1.807) is 12.3 Å². The van der Waals surface area contributed by atoms with Gasteiger partial charge in [-0.15, -0.1) is 0 Å². The van der Waals surface area contributed by atoms with Crippen LogP contribution in [0.15, 0.2) is 29.3 Å². The van der Waals surface area contributed by atoms with E-state index in [1.165, 1.54) is 10.6 Å². The van der Waals surface area contributed by atoms with Crippen molar-refractivity contribution in [3.05, 3.63) is 46.0 Å². The number of nitrogens with one attached hydrogen (secondary N) is 1. The number of hydrogen-bond donors (Lipinski definition) is 2. The molecule has 1 aliphatic rings. The molecule has 116 valence electrons. The summed E-state index contributed by atoms with van der Waals surface area (Å²) in [5.74, 6) is -0.353. The van der Waals surface area contributed by atoms with Crippen molar-refractivity contribution in [2.24, 2.45) is 5.73 Å². The fourth-order valence-corrected chi connectivity index (χ4v) is 2.87. The highest BCUT2D eigenvalue weighted by atomic mass is 16.2. The van der Waals surface area contributed by atoms with Gasteiger partial charge in [0.25, 0.3) is 11.5 Å². The summed E-state index contributed by atoms with van der Waals surface area (Å²) in [6.45, 7) is 1.89. The molecule has 0 unspecified atom stereocenters. The highest BCUT2D eigenvalue weighted by Gasteiger charge is 2.22. The zero-order valence-corrected chi connectivity index (χ0v) is 12.6. The van der Waals surface area contributed by atoms with Crippen LogP contribution in [0, 0.1) is 6.92 Å².